The number of benzene rings is 1. The first kappa shape index (κ1) is 16.5. The maximum Gasteiger partial charge on any atom is 0.213 e. The molecule has 5 heteroatoms. The zero-order valence-corrected chi connectivity index (χ0v) is 14.2. The van der Waals surface area contributed by atoms with E-state index in [0.29, 0.717) is 19.1 Å². The Balaban J connectivity index is 1.34. The van der Waals surface area contributed by atoms with E-state index < -0.39 is 0 Å². The number of aromatic nitrogens is 1. The molecule has 0 saturated heterocycles. The van der Waals surface area contributed by atoms with Gasteiger partial charge in [-0.25, -0.2) is 4.98 Å². The van der Waals surface area contributed by atoms with Gasteiger partial charge in [-0.1, -0.05) is 24.3 Å². The monoisotopic (exact) mass is 340 g/mol. The Kier molecular flexibility index (Phi) is 6.22. The van der Waals surface area contributed by atoms with Crippen LogP contribution in [0, 0.1) is 0 Å². The molecule has 0 aliphatic carbocycles. The lowest BCUT2D eigenvalue weighted by atomic mass is 10.2. The minimum Gasteiger partial charge on any atom is -0.488 e. The Hall–Kier alpha value is -2.37. The van der Waals surface area contributed by atoms with Gasteiger partial charge in [-0.3, -0.25) is 0 Å². The summed E-state index contributed by atoms with van der Waals surface area (Å²) in [6.45, 7) is 2.79. The van der Waals surface area contributed by atoms with Crippen LogP contribution in [0.15, 0.2) is 66.2 Å². The van der Waals surface area contributed by atoms with Gasteiger partial charge in [0.15, 0.2) is 0 Å². The van der Waals surface area contributed by atoms with Gasteiger partial charge in [0.05, 0.1) is 0 Å². The summed E-state index contributed by atoms with van der Waals surface area (Å²) in [7, 11) is 0. The van der Waals surface area contributed by atoms with Crippen LogP contribution in [0.5, 0.6) is 11.6 Å². The Morgan fingerprint density at radius 3 is 2.62 bits per heavy atom. The van der Waals surface area contributed by atoms with Crippen molar-refractivity contribution >= 4 is 11.3 Å². The van der Waals surface area contributed by atoms with Crippen molar-refractivity contribution in [2.75, 3.05) is 13.2 Å². The fourth-order valence-corrected chi connectivity index (χ4v) is 2.76. The third-order valence-corrected chi connectivity index (χ3v) is 4.23. The molecule has 0 atom stereocenters. The first-order chi connectivity index (χ1) is 11.9. The standard InChI is InChI=1S/C19H20N2O2S/c1-2-10-21-19(5-1)22-12-11-20-14-16-6-8-17(9-7-16)23-15-18-4-3-13-24-18/h1-10,13,20H,11-12,14-15H2. The highest BCUT2D eigenvalue weighted by Gasteiger charge is 1.98. The van der Waals surface area contributed by atoms with Gasteiger partial charge in [0.2, 0.25) is 5.88 Å². The number of hydrogen-bond acceptors (Lipinski definition) is 5. The van der Waals surface area contributed by atoms with E-state index in [9.17, 15) is 0 Å². The van der Waals surface area contributed by atoms with Crippen molar-refractivity contribution < 1.29 is 9.47 Å². The van der Waals surface area contributed by atoms with Crippen molar-refractivity contribution in [3.63, 3.8) is 0 Å². The van der Waals surface area contributed by atoms with E-state index in [2.05, 4.69) is 33.9 Å². The molecule has 2 aromatic heterocycles. The van der Waals surface area contributed by atoms with Crippen molar-refractivity contribution in [2.45, 2.75) is 13.2 Å². The molecule has 1 N–H and O–H groups in total. The van der Waals surface area contributed by atoms with Crippen LogP contribution in [0.4, 0.5) is 0 Å². The summed E-state index contributed by atoms with van der Waals surface area (Å²) >= 11 is 1.71. The Morgan fingerprint density at radius 1 is 0.958 bits per heavy atom. The molecule has 0 unspecified atom stereocenters. The molecule has 0 spiro atoms. The second-order valence-electron chi connectivity index (χ2n) is 5.21. The Morgan fingerprint density at radius 2 is 1.88 bits per heavy atom. The first-order valence-electron chi connectivity index (χ1n) is 7.89. The lowest BCUT2D eigenvalue weighted by Gasteiger charge is -2.08. The molecule has 4 nitrogen and oxygen atoms in total. The van der Waals surface area contributed by atoms with E-state index in [1.54, 1.807) is 17.5 Å². The number of thiophene rings is 1. The van der Waals surface area contributed by atoms with Crippen LogP contribution >= 0.6 is 11.3 Å². The molecule has 0 fully saturated rings. The third kappa shape index (κ3) is 5.37. The highest BCUT2D eigenvalue weighted by molar-refractivity contribution is 7.09. The second kappa shape index (κ2) is 9.05. The molecule has 3 rings (SSSR count). The molecule has 0 radical (unpaired) electrons. The summed E-state index contributed by atoms with van der Waals surface area (Å²) in [5, 5.41) is 5.41. The van der Waals surface area contributed by atoms with E-state index in [0.717, 1.165) is 18.8 Å². The maximum absolute atomic E-state index is 5.76. The van der Waals surface area contributed by atoms with E-state index in [1.165, 1.54) is 10.4 Å². The average molecular weight is 340 g/mol. The van der Waals surface area contributed by atoms with Gasteiger partial charge in [0.1, 0.15) is 19.0 Å². The van der Waals surface area contributed by atoms with E-state index >= 15 is 0 Å². The fraction of sp³-hybridized carbons (Fsp3) is 0.211. The third-order valence-electron chi connectivity index (χ3n) is 3.38. The zero-order valence-electron chi connectivity index (χ0n) is 13.4. The summed E-state index contributed by atoms with van der Waals surface area (Å²) in [5.41, 5.74) is 1.22. The number of nitrogens with zero attached hydrogens (tertiary/aromatic N) is 1. The van der Waals surface area contributed by atoms with Crippen LogP contribution in [0.25, 0.3) is 0 Å². The number of hydrogen-bond donors (Lipinski definition) is 1. The summed E-state index contributed by atoms with van der Waals surface area (Å²) in [5.74, 6) is 1.55. The topological polar surface area (TPSA) is 43.4 Å². The predicted molar refractivity (Wildman–Crippen MR) is 96.5 cm³/mol. The zero-order chi connectivity index (χ0) is 16.5. The largest absolute Gasteiger partial charge is 0.488 e. The Bertz CT molecular complexity index is 700. The molecular formula is C19H20N2O2S. The number of rotatable bonds is 9. The van der Waals surface area contributed by atoms with Gasteiger partial charge in [0.25, 0.3) is 0 Å². The number of ether oxygens (including phenoxy) is 2. The normalized spacial score (nSPS) is 10.5. The predicted octanol–water partition coefficient (Wildman–Crippen LogP) is 3.89. The fourth-order valence-electron chi connectivity index (χ4n) is 2.15. The van der Waals surface area contributed by atoms with Gasteiger partial charge in [-0.15, -0.1) is 11.3 Å². The van der Waals surface area contributed by atoms with Crippen molar-refractivity contribution in [3.8, 4) is 11.6 Å². The minimum atomic E-state index is 0.596. The van der Waals surface area contributed by atoms with Crippen LogP contribution < -0.4 is 14.8 Å². The summed E-state index contributed by atoms with van der Waals surface area (Å²) in [6.07, 6.45) is 1.73. The molecule has 1 aromatic carbocycles. The van der Waals surface area contributed by atoms with Gasteiger partial charge < -0.3 is 14.8 Å². The lowest BCUT2D eigenvalue weighted by molar-refractivity contribution is 0.302. The van der Waals surface area contributed by atoms with Crippen LogP contribution in [-0.4, -0.2) is 18.1 Å². The van der Waals surface area contributed by atoms with E-state index in [1.807, 2.05) is 36.4 Å². The molecule has 0 aliphatic rings. The molecule has 124 valence electrons. The van der Waals surface area contributed by atoms with Crippen molar-refractivity contribution in [1.29, 1.82) is 0 Å². The summed E-state index contributed by atoms with van der Waals surface area (Å²) in [6, 6.07) is 17.9. The van der Waals surface area contributed by atoms with Gasteiger partial charge >= 0.3 is 0 Å². The van der Waals surface area contributed by atoms with Crippen molar-refractivity contribution in [3.05, 3.63) is 76.6 Å². The molecule has 0 bridgehead atoms. The van der Waals surface area contributed by atoms with Crippen molar-refractivity contribution in [2.24, 2.45) is 0 Å². The summed E-state index contributed by atoms with van der Waals surface area (Å²) in [4.78, 5) is 5.35. The quantitative estimate of drug-likeness (QED) is 0.600. The molecule has 3 aromatic rings. The van der Waals surface area contributed by atoms with Crippen LogP contribution in [-0.2, 0) is 13.2 Å². The van der Waals surface area contributed by atoms with Gasteiger partial charge in [-0.05, 0) is 35.2 Å². The van der Waals surface area contributed by atoms with Crippen LogP contribution in [0.1, 0.15) is 10.4 Å². The van der Waals surface area contributed by atoms with Crippen molar-refractivity contribution in [1.82, 2.24) is 10.3 Å². The van der Waals surface area contributed by atoms with Crippen LogP contribution in [0.2, 0.25) is 0 Å². The van der Waals surface area contributed by atoms with E-state index in [-0.39, 0.29) is 0 Å². The van der Waals surface area contributed by atoms with Crippen LogP contribution in [0.3, 0.4) is 0 Å². The molecule has 0 amide bonds. The Labute approximate surface area is 146 Å². The second-order valence-corrected chi connectivity index (χ2v) is 6.24. The van der Waals surface area contributed by atoms with Gasteiger partial charge in [0, 0.05) is 30.2 Å². The molecule has 2 heterocycles. The summed E-state index contributed by atoms with van der Waals surface area (Å²) < 4.78 is 11.3. The molecule has 0 saturated carbocycles. The number of nitrogens with one attached hydrogen (secondary N) is 1. The highest BCUT2D eigenvalue weighted by Crippen LogP contribution is 2.16. The first-order valence-corrected chi connectivity index (χ1v) is 8.77. The SMILES string of the molecule is c1ccc(OCCNCc2ccc(OCc3cccs3)cc2)nc1. The maximum atomic E-state index is 5.76. The average Bonchev–Trinajstić information content (AvgIpc) is 3.15. The molecule has 24 heavy (non-hydrogen) atoms. The molecule has 0 aliphatic heterocycles. The molecular weight excluding hydrogens is 320 g/mol. The minimum absolute atomic E-state index is 0.596. The smallest absolute Gasteiger partial charge is 0.213 e. The van der Waals surface area contributed by atoms with Gasteiger partial charge in [-0.2, -0.15) is 0 Å². The highest BCUT2D eigenvalue weighted by atomic mass is 32.1. The van der Waals surface area contributed by atoms with E-state index in [4.69, 9.17) is 9.47 Å². The lowest BCUT2D eigenvalue weighted by Crippen LogP contribution is -2.20. The number of pyridine rings is 1.